The minimum absolute atomic E-state index is 0.167. The molecule has 5 nitrogen and oxygen atoms in total. The van der Waals surface area contributed by atoms with Crippen molar-refractivity contribution in [3.63, 3.8) is 0 Å². The summed E-state index contributed by atoms with van der Waals surface area (Å²) in [6.45, 7) is 4.43. The Bertz CT molecular complexity index is 408. The van der Waals surface area contributed by atoms with Crippen molar-refractivity contribution in [1.82, 2.24) is 9.62 Å². The van der Waals surface area contributed by atoms with Crippen LogP contribution in [0.3, 0.4) is 0 Å². The van der Waals surface area contributed by atoms with E-state index in [4.69, 9.17) is 11.6 Å². The van der Waals surface area contributed by atoms with Gasteiger partial charge in [0.15, 0.2) is 0 Å². The molecule has 1 heterocycles. The van der Waals surface area contributed by atoms with Gasteiger partial charge in [0.05, 0.1) is 18.7 Å². The van der Waals surface area contributed by atoms with Crippen LogP contribution >= 0.6 is 11.6 Å². The topological polar surface area (TPSA) is 66.5 Å². The number of hydrogen-bond donors (Lipinski definition) is 1. The lowest BCUT2D eigenvalue weighted by molar-refractivity contribution is -0.125. The highest BCUT2D eigenvalue weighted by Crippen LogP contribution is 2.18. The predicted molar refractivity (Wildman–Crippen MR) is 67.1 cm³/mol. The van der Waals surface area contributed by atoms with Gasteiger partial charge in [-0.3, -0.25) is 4.79 Å². The van der Waals surface area contributed by atoms with E-state index < -0.39 is 10.0 Å². The highest BCUT2D eigenvalue weighted by atomic mass is 35.5. The van der Waals surface area contributed by atoms with Crippen LogP contribution in [-0.2, 0) is 14.8 Å². The first-order valence-corrected chi connectivity index (χ1v) is 7.59. The van der Waals surface area contributed by atoms with Gasteiger partial charge in [-0.25, -0.2) is 12.7 Å². The summed E-state index contributed by atoms with van der Waals surface area (Å²) >= 11 is 5.55. The Balaban J connectivity index is 2.55. The van der Waals surface area contributed by atoms with Crippen LogP contribution in [0.1, 0.15) is 12.8 Å². The molecule has 1 saturated heterocycles. The fourth-order valence-electron chi connectivity index (χ4n) is 1.79. The maximum atomic E-state index is 11.7. The first-order valence-electron chi connectivity index (χ1n) is 5.37. The lowest BCUT2D eigenvalue weighted by atomic mass is 9.99. The Hall–Kier alpha value is -0.590. The molecule has 1 amide bonds. The monoisotopic (exact) mass is 280 g/mol. The highest BCUT2D eigenvalue weighted by Gasteiger charge is 2.29. The molecule has 17 heavy (non-hydrogen) atoms. The van der Waals surface area contributed by atoms with E-state index in [1.165, 1.54) is 4.31 Å². The number of hydrogen-bond acceptors (Lipinski definition) is 3. The quantitative estimate of drug-likeness (QED) is 0.817. The molecule has 1 fully saturated rings. The molecule has 0 aliphatic carbocycles. The molecule has 0 bridgehead atoms. The summed E-state index contributed by atoms with van der Waals surface area (Å²) in [6.07, 6.45) is 2.56. The Kier molecular flexibility index (Phi) is 4.97. The largest absolute Gasteiger partial charge is 0.351 e. The number of nitrogens with zero attached hydrogens (tertiary/aromatic N) is 1. The SMILES string of the molecule is C=C(Cl)CNC(=O)C1CCCN(S(C)(=O)=O)C1. The van der Waals surface area contributed by atoms with Crippen molar-refractivity contribution in [2.24, 2.45) is 5.92 Å². The molecule has 0 radical (unpaired) electrons. The molecule has 1 aliphatic rings. The van der Waals surface area contributed by atoms with Gasteiger partial charge in [-0.1, -0.05) is 18.2 Å². The zero-order valence-electron chi connectivity index (χ0n) is 9.78. The summed E-state index contributed by atoms with van der Waals surface area (Å²) in [4.78, 5) is 11.7. The van der Waals surface area contributed by atoms with Crippen LogP contribution in [0.4, 0.5) is 0 Å². The van der Waals surface area contributed by atoms with E-state index in [1.807, 2.05) is 0 Å². The van der Waals surface area contributed by atoms with Gasteiger partial charge in [0.25, 0.3) is 0 Å². The number of nitrogens with one attached hydrogen (secondary N) is 1. The molecule has 0 aromatic rings. The van der Waals surface area contributed by atoms with E-state index in [-0.39, 0.29) is 24.9 Å². The molecule has 0 saturated carbocycles. The van der Waals surface area contributed by atoms with Crippen molar-refractivity contribution in [3.05, 3.63) is 11.6 Å². The second-order valence-electron chi connectivity index (χ2n) is 4.20. The summed E-state index contributed by atoms with van der Waals surface area (Å²) < 4.78 is 24.1. The van der Waals surface area contributed by atoms with E-state index in [9.17, 15) is 13.2 Å². The molecule has 7 heteroatoms. The van der Waals surface area contributed by atoms with Crippen LogP contribution < -0.4 is 5.32 Å². The molecule has 1 aliphatic heterocycles. The fraction of sp³-hybridized carbons (Fsp3) is 0.700. The minimum atomic E-state index is -3.21. The lowest BCUT2D eigenvalue weighted by Crippen LogP contribution is -2.45. The van der Waals surface area contributed by atoms with Crippen molar-refractivity contribution in [1.29, 1.82) is 0 Å². The molecular weight excluding hydrogens is 264 g/mol. The van der Waals surface area contributed by atoms with Crippen molar-refractivity contribution >= 4 is 27.5 Å². The molecular formula is C10H17ClN2O3S. The second kappa shape index (κ2) is 5.84. The third kappa shape index (κ3) is 4.65. The van der Waals surface area contributed by atoms with Gasteiger partial charge < -0.3 is 5.32 Å². The molecule has 1 atom stereocenters. The first-order chi connectivity index (χ1) is 7.80. The van der Waals surface area contributed by atoms with Crippen LogP contribution in [0.15, 0.2) is 11.6 Å². The third-order valence-electron chi connectivity index (χ3n) is 2.68. The zero-order chi connectivity index (χ0) is 13.1. The van der Waals surface area contributed by atoms with E-state index in [0.29, 0.717) is 24.4 Å². The smallest absolute Gasteiger partial charge is 0.224 e. The van der Waals surface area contributed by atoms with Crippen molar-refractivity contribution in [2.75, 3.05) is 25.9 Å². The molecule has 0 aromatic carbocycles. The van der Waals surface area contributed by atoms with E-state index in [2.05, 4.69) is 11.9 Å². The number of piperidine rings is 1. The Morgan fingerprint density at radius 3 is 2.76 bits per heavy atom. The van der Waals surface area contributed by atoms with E-state index in [1.54, 1.807) is 0 Å². The van der Waals surface area contributed by atoms with Crippen molar-refractivity contribution < 1.29 is 13.2 Å². The average Bonchev–Trinajstić information content (AvgIpc) is 2.25. The number of rotatable bonds is 4. The third-order valence-corrected chi connectivity index (χ3v) is 4.08. The first kappa shape index (κ1) is 14.5. The van der Waals surface area contributed by atoms with Crippen molar-refractivity contribution in [2.45, 2.75) is 12.8 Å². The van der Waals surface area contributed by atoms with Gasteiger partial charge in [-0.15, -0.1) is 0 Å². The van der Waals surface area contributed by atoms with E-state index in [0.717, 1.165) is 6.26 Å². The second-order valence-corrected chi connectivity index (χ2v) is 6.71. The molecule has 1 N–H and O–H groups in total. The average molecular weight is 281 g/mol. The van der Waals surface area contributed by atoms with Gasteiger partial charge in [0, 0.05) is 18.1 Å². The summed E-state index contributed by atoms with van der Waals surface area (Å²) in [7, 11) is -3.21. The van der Waals surface area contributed by atoms with Gasteiger partial charge in [0.2, 0.25) is 15.9 Å². The number of halogens is 1. The summed E-state index contributed by atoms with van der Waals surface area (Å²) in [5.41, 5.74) is 0. The van der Waals surface area contributed by atoms with Crippen molar-refractivity contribution in [3.8, 4) is 0 Å². The molecule has 98 valence electrons. The maximum Gasteiger partial charge on any atom is 0.224 e. The van der Waals surface area contributed by atoms with Crippen LogP contribution in [0.5, 0.6) is 0 Å². The molecule has 1 rings (SSSR count). The van der Waals surface area contributed by atoms with Crippen LogP contribution in [0, 0.1) is 5.92 Å². The van der Waals surface area contributed by atoms with Gasteiger partial charge in [0.1, 0.15) is 0 Å². The number of carbonyl (C=O) groups is 1. The summed E-state index contributed by atoms with van der Waals surface area (Å²) in [5, 5.41) is 2.99. The van der Waals surface area contributed by atoms with Crippen LogP contribution in [0.25, 0.3) is 0 Å². The molecule has 1 unspecified atom stereocenters. The van der Waals surface area contributed by atoms with E-state index >= 15 is 0 Å². The van der Waals surface area contributed by atoms with Gasteiger partial charge in [-0.2, -0.15) is 0 Å². The molecule has 0 spiro atoms. The summed E-state index contributed by atoms with van der Waals surface area (Å²) in [5.74, 6) is -0.463. The number of amides is 1. The normalized spacial score (nSPS) is 22.1. The summed E-state index contributed by atoms with van der Waals surface area (Å²) in [6, 6.07) is 0. The Labute approximate surface area is 107 Å². The standard InChI is InChI=1S/C10H17ClN2O3S/c1-8(11)6-12-10(14)9-4-3-5-13(7-9)17(2,15)16/h9H,1,3-7H2,2H3,(H,12,14). The zero-order valence-corrected chi connectivity index (χ0v) is 11.4. The Morgan fingerprint density at radius 2 is 2.24 bits per heavy atom. The Morgan fingerprint density at radius 1 is 1.59 bits per heavy atom. The lowest BCUT2D eigenvalue weighted by Gasteiger charge is -2.30. The fourth-order valence-corrected chi connectivity index (χ4v) is 2.76. The molecule has 0 aromatic heterocycles. The number of sulfonamides is 1. The number of carbonyl (C=O) groups excluding carboxylic acids is 1. The minimum Gasteiger partial charge on any atom is -0.351 e. The van der Waals surface area contributed by atoms with Gasteiger partial charge >= 0.3 is 0 Å². The predicted octanol–water partition coefficient (Wildman–Crippen LogP) is 0.527. The van der Waals surface area contributed by atoms with Crippen LogP contribution in [-0.4, -0.2) is 44.5 Å². The maximum absolute atomic E-state index is 11.7. The highest BCUT2D eigenvalue weighted by molar-refractivity contribution is 7.88. The van der Waals surface area contributed by atoms with Gasteiger partial charge in [-0.05, 0) is 12.8 Å². The van der Waals surface area contributed by atoms with Crippen LogP contribution in [0.2, 0.25) is 0 Å².